The molecule has 4 aromatic rings. The summed E-state index contributed by atoms with van der Waals surface area (Å²) in [5, 5.41) is 11.9. The number of hydrogen-bond acceptors (Lipinski definition) is 5. The number of amides is 1. The highest BCUT2D eigenvalue weighted by Crippen LogP contribution is 2.22. The number of halogens is 1. The van der Waals surface area contributed by atoms with Gasteiger partial charge in [0.25, 0.3) is 5.91 Å². The smallest absolute Gasteiger partial charge is 0.276 e. The second-order valence-electron chi connectivity index (χ2n) is 7.48. The molecule has 2 heterocycles. The predicted octanol–water partition coefficient (Wildman–Crippen LogP) is 4.80. The molecule has 0 aliphatic heterocycles. The fourth-order valence-corrected chi connectivity index (χ4v) is 3.64. The highest BCUT2D eigenvalue weighted by Gasteiger charge is 2.17. The normalized spacial score (nSPS) is 10.8. The maximum Gasteiger partial charge on any atom is 0.276 e. The molecule has 0 saturated carbocycles. The number of carbonyl (C=O) groups excluding carboxylic acids is 1. The molecule has 0 spiro atoms. The minimum atomic E-state index is -0.301. The van der Waals surface area contributed by atoms with Crippen LogP contribution in [0.4, 0.5) is 5.69 Å². The standard InChI is InChI=1S/C24H24BrN5O3/c1-16-23(17(2)30(27-16)14-18-5-4-6-21(13-18)32-3)26-24(31)22-11-12-29(28-22)15-33-20-9-7-19(25)8-10-20/h4-13H,14-15H2,1-3H3,(H,26,31). The Hall–Kier alpha value is -3.59. The van der Waals surface area contributed by atoms with Crippen molar-refractivity contribution < 1.29 is 14.3 Å². The fourth-order valence-electron chi connectivity index (χ4n) is 3.38. The van der Waals surface area contributed by atoms with Gasteiger partial charge in [0.2, 0.25) is 0 Å². The van der Waals surface area contributed by atoms with E-state index in [-0.39, 0.29) is 12.6 Å². The molecule has 0 aliphatic rings. The Bertz CT molecular complexity index is 1260. The van der Waals surface area contributed by atoms with Gasteiger partial charge in [-0.15, -0.1) is 0 Å². The third-order valence-corrected chi connectivity index (χ3v) is 5.67. The van der Waals surface area contributed by atoms with E-state index in [0.717, 1.165) is 32.9 Å². The number of methoxy groups -OCH3 is 1. The number of anilines is 1. The summed E-state index contributed by atoms with van der Waals surface area (Å²) in [6.45, 7) is 4.57. The zero-order valence-electron chi connectivity index (χ0n) is 18.6. The summed E-state index contributed by atoms with van der Waals surface area (Å²) in [7, 11) is 1.64. The van der Waals surface area contributed by atoms with Crippen molar-refractivity contribution >= 4 is 27.5 Å². The maximum atomic E-state index is 12.8. The van der Waals surface area contributed by atoms with Gasteiger partial charge in [0.15, 0.2) is 12.4 Å². The third kappa shape index (κ3) is 5.43. The Morgan fingerprint density at radius 1 is 1.06 bits per heavy atom. The average molecular weight is 510 g/mol. The van der Waals surface area contributed by atoms with Crippen LogP contribution in [0, 0.1) is 13.8 Å². The Morgan fingerprint density at radius 2 is 1.85 bits per heavy atom. The van der Waals surface area contributed by atoms with Gasteiger partial charge in [-0.05, 0) is 61.9 Å². The van der Waals surface area contributed by atoms with Gasteiger partial charge in [0, 0.05) is 10.7 Å². The van der Waals surface area contributed by atoms with E-state index in [1.54, 1.807) is 24.1 Å². The number of nitrogens with zero attached hydrogens (tertiary/aromatic N) is 4. The Balaban J connectivity index is 1.41. The fraction of sp³-hybridized carbons (Fsp3) is 0.208. The molecule has 0 atom stereocenters. The summed E-state index contributed by atoms with van der Waals surface area (Å²) in [4.78, 5) is 12.8. The van der Waals surface area contributed by atoms with Gasteiger partial charge >= 0.3 is 0 Å². The Morgan fingerprint density at radius 3 is 2.61 bits per heavy atom. The summed E-state index contributed by atoms with van der Waals surface area (Å²) >= 11 is 3.39. The molecule has 1 N–H and O–H groups in total. The quantitative estimate of drug-likeness (QED) is 0.368. The highest BCUT2D eigenvalue weighted by molar-refractivity contribution is 9.10. The molecule has 9 heteroatoms. The van der Waals surface area contributed by atoms with E-state index >= 15 is 0 Å². The number of aromatic nitrogens is 4. The minimum Gasteiger partial charge on any atom is -0.497 e. The van der Waals surface area contributed by atoms with Gasteiger partial charge < -0.3 is 14.8 Å². The molecule has 1 amide bonds. The van der Waals surface area contributed by atoms with Crippen molar-refractivity contribution in [1.29, 1.82) is 0 Å². The van der Waals surface area contributed by atoms with Crippen molar-refractivity contribution in [3.63, 3.8) is 0 Å². The largest absolute Gasteiger partial charge is 0.497 e. The summed E-state index contributed by atoms with van der Waals surface area (Å²) < 4.78 is 15.4. The van der Waals surface area contributed by atoms with Crippen LogP contribution in [0.2, 0.25) is 0 Å². The molecule has 8 nitrogen and oxygen atoms in total. The molecule has 2 aromatic carbocycles. The van der Waals surface area contributed by atoms with Crippen LogP contribution in [0.3, 0.4) is 0 Å². The van der Waals surface area contributed by atoms with Gasteiger partial charge in [-0.1, -0.05) is 28.1 Å². The molecule has 33 heavy (non-hydrogen) atoms. The lowest BCUT2D eigenvalue weighted by molar-refractivity contribution is 0.102. The number of nitrogens with one attached hydrogen (secondary N) is 1. The van der Waals surface area contributed by atoms with E-state index in [0.29, 0.717) is 17.9 Å². The van der Waals surface area contributed by atoms with Crippen molar-refractivity contribution in [2.24, 2.45) is 0 Å². The zero-order valence-corrected chi connectivity index (χ0v) is 20.2. The van der Waals surface area contributed by atoms with Gasteiger partial charge in [0.05, 0.1) is 30.7 Å². The molecule has 170 valence electrons. The van der Waals surface area contributed by atoms with Gasteiger partial charge in [0.1, 0.15) is 11.5 Å². The first kappa shape index (κ1) is 22.6. The van der Waals surface area contributed by atoms with Crippen molar-refractivity contribution in [2.45, 2.75) is 27.1 Å². The number of rotatable bonds is 8. The van der Waals surface area contributed by atoms with E-state index in [9.17, 15) is 4.79 Å². The highest BCUT2D eigenvalue weighted by atomic mass is 79.9. The summed E-state index contributed by atoms with van der Waals surface area (Å²) in [5.74, 6) is 1.21. The number of aryl methyl sites for hydroxylation is 1. The molecule has 0 radical (unpaired) electrons. The van der Waals surface area contributed by atoms with Crippen LogP contribution >= 0.6 is 15.9 Å². The summed E-state index contributed by atoms with van der Waals surface area (Å²) in [6, 6.07) is 17.0. The van der Waals surface area contributed by atoms with E-state index in [2.05, 4.69) is 31.4 Å². The number of ether oxygens (including phenoxy) is 2. The SMILES string of the molecule is COc1cccc(Cn2nc(C)c(NC(=O)c3ccn(COc4ccc(Br)cc4)n3)c2C)c1. The molecular formula is C24H24BrN5O3. The van der Waals surface area contributed by atoms with Gasteiger partial charge in [-0.2, -0.15) is 10.2 Å². The van der Waals surface area contributed by atoms with E-state index in [1.165, 1.54) is 0 Å². The molecule has 0 saturated heterocycles. The molecule has 4 rings (SSSR count). The lowest BCUT2D eigenvalue weighted by Gasteiger charge is -2.08. The number of carbonyl (C=O) groups is 1. The zero-order chi connectivity index (χ0) is 23.4. The van der Waals surface area contributed by atoms with Crippen molar-refractivity contribution in [1.82, 2.24) is 19.6 Å². The van der Waals surface area contributed by atoms with Crippen LogP contribution in [0.25, 0.3) is 0 Å². The average Bonchev–Trinajstić information content (AvgIpc) is 3.39. The molecule has 0 unspecified atom stereocenters. The maximum absolute atomic E-state index is 12.8. The second kappa shape index (κ2) is 9.91. The van der Waals surface area contributed by atoms with Crippen LogP contribution in [-0.4, -0.2) is 32.6 Å². The Kier molecular flexibility index (Phi) is 6.79. The number of benzene rings is 2. The van der Waals surface area contributed by atoms with Crippen LogP contribution in [0.15, 0.2) is 65.3 Å². The first-order chi connectivity index (χ1) is 15.9. The second-order valence-corrected chi connectivity index (χ2v) is 8.39. The molecule has 0 bridgehead atoms. The van der Waals surface area contributed by atoms with Gasteiger partial charge in [-0.3, -0.25) is 9.48 Å². The van der Waals surface area contributed by atoms with Gasteiger partial charge in [-0.25, -0.2) is 4.68 Å². The van der Waals surface area contributed by atoms with E-state index < -0.39 is 0 Å². The molecular weight excluding hydrogens is 486 g/mol. The lowest BCUT2D eigenvalue weighted by Crippen LogP contribution is -2.15. The monoisotopic (exact) mass is 509 g/mol. The summed E-state index contributed by atoms with van der Waals surface area (Å²) in [6.07, 6.45) is 1.71. The third-order valence-electron chi connectivity index (χ3n) is 5.14. The first-order valence-corrected chi connectivity index (χ1v) is 11.1. The van der Waals surface area contributed by atoms with E-state index in [1.807, 2.05) is 67.1 Å². The topological polar surface area (TPSA) is 83.2 Å². The predicted molar refractivity (Wildman–Crippen MR) is 129 cm³/mol. The van der Waals surface area contributed by atoms with Crippen molar-refractivity contribution in [3.8, 4) is 11.5 Å². The summed E-state index contributed by atoms with van der Waals surface area (Å²) in [5.41, 5.74) is 3.64. The molecule has 2 aromatic heterocycles. The van der Waals surface area contributed by atoms with Crippen LogP contribution in [0.1, 0.15) is 27.4 Å². The van der Waals surface area contributed by atoms with Crippen LogP contribution < -0.4 is 14.8 Å². The molecule has 0 aliphatic carbocycles. The number of hydrogen-bond donors (Lipinski definition) is 1. The van der Waals surface area contributed by atoms with Crippen molar-refractivity contribution in [3.05, 3.63) is 87.9 Å². The van der Waals surface area contributed by atoms with Crippen LogP contribution in [0.5, 0.6) is 11.5 Å². The van der Waals surface area contributed by atoms with Crippen LogP contribution in [-0.2, 0) is 13.3 Å². The Labute approximate surface area is 200 Å². The minimum absolute atomic E-state index is 0.200. The van der Waals surface area contributed by atoms with E-state index in [4.69, 9.17) is 9.47 Å². The lowest BCUT2D eigenvalue weighted by atomic mass is 10.2. The molecule has 0 fully saturated rings. The first-order valence-electron chi connectivity index (χ1n) is 10.3. The van der Waals surface area contributed by atoms with Crippen molar-refractivity contribution in [2.75, 3.05) is 12.4 Å².